The van der Waals surface area contributed by atoms with Crippen LogP contribution in [0.2, 0.25) is 0 Å². The Kier molecular flexibility index (Phi) is 4.77. The fourth-order valence-corrected chi connectivity index (χ4v) is 2.31. The number of benzene rings is 3. The number of anilines is 2. The van der Waals surface area contributed by atoms with Gasteiger partial charge in [0.15, 0.2) is 0 Å². The van der Waals surface area contributed by atoms with Crippen molar-refractivity contribution in [2.45, 2.75) is 6.61 Å². The third-order valence-electron chi connectivity index (χ3n) is 3.57. The Hall–Kier alpha value is -3.27. The van der Waals surface area contributed by atoms with E-state index in [1.807, 2.05) is 48.5 Å². The van der Waals surface area contributed by atoms with Crippen LogP contribution >= 0.6 is 0 Å². The lowest BCUT2D eigenvalue weighted by Gasteiger charge is -2.11. The van der Waals surface area contributed by atoms with Gasteiger partial charge in [0.2, 0.25) is 0 Å². The van der Waals surface area contributed by atoms with Crippen LogP contribution in [0.3, 0.4) is 0 Å². The van der Waals surface area contributed by atoms with Gasteiger partial charge in [0.1, 0.15) is 12.4 Å². The van der Waals surface area contributed by atoms with Crippen LogP contribution in [0.1, 0.15) is 15.9 Å². The monoisotopic (exact) mass is 318 g/mol. The molecule has 0 aliphatic rings. The van der Waals surface area contributed by atoms with Crippen molar-refractivity contribution < 1.29 is 9.53 Å². The van der Waals surface area contributed by atoms with Gasteiger partial charge in [0, 0.05) is 22.5 Å². The molecular weight excluding hydrogens is 300 g/mol. The maximum Gasteiger partial charge on any atom is 0.256 e. The van der Waals surface area contributed by atoms with E-state index in [2.05, 4.69) is 5.32 Å². The van der Waals surface area contributed by atoms with Gasteiger partial charge < -0.3 is 15.8 Å². The molecule has 3 aromatic rings. The number of hydrogen-bond acceptors (Lipinski definition) is 3. The molecule has 1 amide bonds. The Morgan fingerprint density at radius 1 is 0.875 bits per heavy atom. The first kappa shape index (κ1) is 15.6. The van der Waals surface area contributed by atoms with Crippen LogP contribution < -0.4 is 15.8 Å². The standard InChI is InChI=1S/C20H18N2O2/c21-16-10-12-17(13-11-16)22-20(23)19-9-5-4-6-15(19)14-24-18-7-2-1-3-8-18/h1-13H,14,21H2,(H,22,23). The molecule has 0 bridgehead atoms. The molecule has 0 saturated heterocycles. The first-order valence-corrected chi connectivity index (χ1v) is 7.65. The Morgan fingerprint density at radius 2 is 1.54 bits per heavy atom. The van der Waals surface area contributed by atoms with E-state index < -0.39 is 0 Å². The van der Waals surface area contributed by atoms with Gasteiger partial charge in [-0.15, -0.1) is 0 Å². The molecular formula is C20H18N2O2. The number of hydrogen-bond donors (Lipinski definition) is 2. The van der Waals surface area contributed by atoms with Gasteiger partial charge in [-0.05, 0) is 42.5 Å². The lowest BCUT2D eigenvalue weighted by molar-refractivity contribution is 0.102. The normalized spacial score (nSPS) is 10.2. The van der Waals surface area contributed by atoms with Gasteiger partial charge in [-0.3, -0.25) is 4.79 Å². The average molecular weight is 318 g/mol. The van der Waals surface area contributed by atoms with Crippen molar-refractivity contribution >= 4 is 17.3 Å². The third kappa shape index (κ3) is 3.93. The minimum absolute atomic E-state index is 0.174. The van der Waals surface area contributed by atoms with Crippen molar-refractivity contribution in [2.75, 3.05) is 11.1 Å². The zero-order valence-electron chi connectivity index (χ0n) is 13.1. The SMILES string of the molecule is Nc1ccc(NC(=O)c2ccccc2COc2ccccc2)cc1. The van der Waals surface area contributed by atoms with Crippen LogP contribution in [0.15, 0.2) is 78.9 Å². The molecule has 0 radical (unpaired) electrons. The molecule has 0 spiro atoms. The van der Waals surface area contributed by atoms with E-state index >= 15 is 0 Å². The molecule has 0 aliphatic carbocycles. The van der Waals surface area contributed by atoms with E-state index in [4.69, 9.17) is 10.5 Å². The topological polar surface area (TPSA) is 64.3 Å². The van der Waals surface area contributed by atoms with Crippen LogP contribution in [0.25, 0.3) is 0 Å². The lowest BCUT2D eigenvalue weighted by atomic mass is 10.1. The fraction of sp³-hybridized carbons (Fsp3) is 0.0500. The Labute approximate surface area is 140 Å². The predicted octanol–water partition coefficient (Wildman–Crippen LogP) is 4.10. The molecule has 0 fully saturated rings. The summed E-state index contributed by atoms with van der Waals surface area (Å²) < 4.78 is 5.75. The van der Waals surface area contributed by atoms with Crippen LogP contribution in [0, 0.1) is 0 Å². The molecule has 3 rings (SSSR count). The highest BCUT2D eigenvalue weighted by atomic mass is 16.5. The smallest absolute Gasteiger partial charge is 0.256 e. The van der Waals surface area contributed by atoms with Gasteiger partial charge in [-0.25, -0.2) is 0 Å². The summed E-state index contributed by atoms with van der Waals surface area (Å²) in [4.78, 5) is 12.5. The van der Waals surface area contributed by atoms with Gasteiger partial charge >= 0.3 is 0 Å². The zero-order chi connectivity index (χ0) is 16.8. The number of rotatable bonds is 5. The predicted molar refractivity (Wildman–Crippen MR) is 96.0 cm³/mol. The van der Waals surface area contributed by atoms with Gasteiger partial charge in [-0.1, -0.05) is 36.4 Å². The van der Waals surface area contributed by atoms with Crippen molar-refractivity contribution in [2.24, 2.45) is 0 Å². The van der Waals surface area contributed by atoms with Crippen molar-refractivity contribution in [1.29, 1.82) is 0 Å². The van der Waals surface area contributed by atoms with Crippen molar-refractivity contribution in [3.8, 4) is 5.75 Å². The van der Waals surface area contributed by atoms with Crippen molar-refractivity contribution in [1.82, 2.24) is 0 Å². The summed E-state index contributed by atoms with van der Waals surface area (Å²) in [5.41, 5.74) is 8.43. The molecule has 0 aromatic heterocycles. The molecule has 24 heavy (non-hydrogen) atoms. The highest BCUT2D eigenvalue weighted by Crippen LogP contribution is 2.17. The molecule has 4 nitrogen and oxygen atoms in total. The molecule has 3 N–H and O–H groups in total. The van der Waals surface area contributed by atoms with Crippen LogP contribution in [0.4, 0.5) is 11.4 Å². The first-order valence-electron chi connectivity index (χ1n) is 7.65. The van der Waals surface area contributed by atoms with E-state index in [0.717, 1.165) is 11.3 Å². The van der Waals surface area contributed by atoms with Crippen molar-refractivity contribution in [3.63, 3.8) is 0 Å². The van der Waals surface area contributed by atoms with E-state index in [0.29, 0.717) is 23.5 Å². The second kappa shape index (κ2) is 7.33. The van der Waals surface area contributed by atoms with Crippen LogP contribution in [-0.2, 0) is 6.61 Å². The fourth-order valence-electron chi connectivity index (χ4n) is 2.31. The summed E-state index contributed by atoms with van der Waals surface area (Å²) in [6.07, 6.45) is 0. The molecule has 0 heterocycles. The highest BCUT2D eigenvalue weighted by molar-refractivity contribution is 6.05. The minimum atomic E-state index is -0.174. The van der Waals surface area contributed by atoms with E-state index in [1.165, 1.54) is 0 Å². The number of nitrogen functional groups attached to an aromatic ring is 1. The summed E-state index contributed by atoms with van der Waals surface area (Å²) in [5.74, 6) is 0.596. The summed E-state index contributed by atoms with van der Waals surface area (Å²) >= 11 is 0. The second-order valence-electron chi connectivity index (χ2n) is 5.34. The summed E-state index contributed by atoms with van der Waals surface area (Å²) in [6, 6.07) is 24.0. The molecule has 3 aromatic carbocycles. The summed E-state index contributed by atoms with van der Waals surface area (Å²) in [5, 5.41) is 2.87. The van der Waals surface area contributed by atoms with E-state index in [1.54, 1.807) is 30.3 Å². The van der Waals surface area contributed by atoms with Crippen LogP contribution in [-0.4, -0.2) is 5.91 Å². The third-order valence-corrected chi connectivity index (χ3v) is 3.57. The van der Waals surface area contributed by atoms with Gasteiger partial charge in [-0.2, -0.15) is 0 Å². The first-order chi connectivity index (χ1) is 11.7. The van der Waals surface area contributed by atoms with Gasteiger partial charge in [0.25, 0.3) is 5.91 Å². The largest absolute Gasteiger partial charge is 0.489 e. The van der Waals surface area contributed by atoms with Crippen molar-refractivity contribution in [3.05, 3.63) is 90.0 Å². The molecule has 0 atom stereocenters. The lowest BCUT2D eigenvalue weighted by Crippen LogP contribution is -2.15. The second-order valence-corrected chi connectivity index (χ2v) is 5.34. The summed E-state index contributed by atoms with van der Waals surface area (Å²) in [7, 11) is 0. The number of carbonyl (C=O) groups is 1. The van der Waals surface area contributed by atoms with Gasteiger partial charge in [0.05, 0.1) is 0 Å². The molecule has 0 unspecified atom stereocenters. The Balaban J connectivity index is 1.73. The Morgan fingerprint density at radius 3 is 2.29 bits per heavy atom. The molecule has 0 saturated carbocycles. The number of ether oxygens (including phenoxy) is 1. The zero-order valence-corrected chi connectivity index (χ0v) is 13.1. The maximum absolute atomic E-state index is 12.5. The number of carbonyl (C=O) groups excluding carboxylic acids is 1. The average Bonchev–Trinajstić information content (AvgIpc) is 2.63. The minimum Gasteiger partial charge on any atom is -0.489 e. The molecule has 120 valence electrons. The summed E-state index contributed by atoms with van der Waals surface area (Å²) in [6.45, 7) is 0.329. The van der Waals surface area contributed by atoms with E-state index in [9.17, 15) is 4.79 Å². The number of nitrogens with one attached hydrogen (secondary N) is 1. The highest BCUT2D eigenvalue weighted by Gasteiger charge is 2.11. The van der Waals surface area contributed by atoms with E-state index in [-0.39, 0.29) is 5.91 Å². The molecule has 0 aliphatic heterocycles. The van der Waals surface area contributed by atoms with Crippen LogP contribution in [0.5, 0.6) is 5.75 Å². The molecule has 4 heteroatoms. The number of para-hydroxylation sites is 1. The number of nitrogens with two attached hydrogens (primary N) is 1. The quantitative estimate of drug-likeness (QED) is 0.696. The maximum atomic E-state index is 12.5. The number of amides is 1. The Bertz CT molecular complexity index is 815.